The van der Waals surface area contributed by atoms with E-state index >= 15 is 0 Å². The molecule has 0 radical (unpaired) electrons. The number of rotatable bonds is 0. The number of hydrogen-bond acceptors (Lipinski definition) is 1. The fourth-order valence-corrected chi connectivity index (χ4v) is 0. The van der Waals surface area contributed by atoms with Gasteiger partial charge in [0.15, 0.2) is 0 Å². The van der Waals surface area contributed by atoms with Crippen LogP contribution >= 0.6 is 0 Å². The maximum Gasteiger partial charge on any atom is 0.503 e. The normalized spacial score (nSPS) is 1.85. The molecule has 0 unspecified atom stereocenters. The van der Waals surface area contributed by atoms with Gasteiger partial charge in [0.2, 0.25) is 0 Å². The van der Waals surface area contributed by atoms with Crippen LogP contribution < -0.4 is 0 Å². The molecule has 0 rings (SSSR count). The van der Waals surface area contributed by atoms with Crippen LogP contribution in [0.25, 0.3) is 0 Å². The van der Waals surface area contributed by atoms with Gasteiger partial charge in [-0.15, -0.1) is 0 Å². The molecule has 12 heteroatoms. The van der Waals surface area contributed by atoms with Crippen LogP contribution in [0.2, 0.25) is 0 Å². The molecule has 0 aromatic rings. The van der Waals surface area contributed by atoms with Crippen LogP contribution in [0, 0.1) is 41.7 Å². The van der Waals surface area contributed by atoms with Crippen molar-refractivity contribution in [2.24, 2.45) is 0 Å². The van der Waals surface area contributed by atoms with Gasteiger partial charge >= 0.3 is 6.16 Å². The zero-order valence-corrected chi connectivity index (χ0v) is 9.44. The Balaban J connectivity index is -0.00000000125. The first kappa shape index (κ1) is 183. The van der Waals surface area contributed by atoms with E-state index in [1.807, 2.05) is 0 Å². The number of carboxylic acid groups (broad SMARTS) is 2. The average Bonchev–Trinajstić information content (AvgIpc) is 0.811. The van der Waals surface area contributed by atoms with Crippen LogP contribution in [0.15, 0.2) is 0 Å². The topological polar surface area (TPSA) is 310 Å². The summed E-state index contributed by atoms with van der Waals surface area (Å²) in [6.07, 6.45) is -1.83. The van der Waals surface area contributed by atoms with E-state index in [9.17, 15) is 0 Å². The van der Waals surface area contributed by atoms with E-state index in [1.165, 1.54) is 0 Å². The molecule has 0 aromatic heterocycles. The van der Waals surface area contributed by atoms with Crippen LogP contribution in [0.5, 0.6) is 0 Å². The first-order chi connectivity index (χ1) is 1.73. The van der Waals surface area contributed by atoms with Crippen molar-refractivity contribution < 1.29 is 101 Å². The van der Waals surface area contributed by atoms with E-state index in [0.717, 1.165) is 0 Å². The Labute approximate surface area is 106 Å². The summed E-state index contributed by atoms with van der Waals surface area (Å²) in [4.78, 5) is 8.56. The second-order valence-electron chi connectivity index (χ2n) is 0.283. The third-order valence-electron chi connectivity index (χ3n) is 0. The number of hydrogen-bond donors (Lipinski definition) is 2. The van der Waals surface area contributed by atoms with Gasteiger partial charge in [-0.3, -0.25) is 0 Å². The maximum atomic E-state index is 8.56. The predicted octanol–water partition coefficient (Wildman–Crippen LogP) is -6.38. The van der Waals surface area contributed by atoms with Crippen LogP contribution in [0.1, 0.15) is 0 Å². The fourth-order valence-electron chi connectivity index (χ4n) is 0. The summed E-state index contributed by atoms with van der Waals surface area (Å²) in [6.45, 7) is 0. The first-order valence-corrected chi connectivity index (χ1v) is 0.651. The van der Waals surface area contributed by atoms with Gasteiger partial charge in [-0.25, -0.2) is 4.79 Å². The summed E-state index contributed by atoms with van der Waals surface area (Å²) in [5, 5.41) is 13.9. The predicted molar refractivity (Wildman–Crippen MR) is 39.6 cm³/mol. The Morgan fingerprint density at radius 3 is 0.615 bits per heavy atom. The SMILES string of the molecule is O.O.O.O.O.O.O.O.O=C(O)O.[Ce]. The molecule has 0 saturated heterocycles. The van der Waals surface area contributed by atoms with Crippen molar-refractivity contribution >= 4 is 6.16 Å². The summed E-state index contributed by atoms with van der Waals surface area (Å²) < 4.78 is 0. The van der Waals surface area contributed by atoms with Gasteiger partial charge in [-0.05, 0) is 0 Å². The van der Waals surface area contributed by atoms with Gasteiger partial charge in [-0.2, -0.15) is 0 Å². The molecule has 18 N–H and O–H groups in total. The summed E-state index contributed by atoms with van der Waals surface area (Å²) in [7, 11) is 0. The molecule has 0 fully saturated rings. The van der Waals surface area contributed by atoms with E-state index in [0.29, 0.717) is 0 Å². The zero-order valence-electron chi connectivity index (χ0n) is 6.30. The number of carbonyl (C=O) groups is 1. The van der Waals surface area contributed by atoms with Crippen molar-refractivity contribution in [2.75, 3.05) is 0 Å². The van der Waals surface area contributed by atoms with Gasteiger partial charge in [0.25, 0.3) is 0 Å². The second kappa shape index (κ2) is 143. The Bertz CT molecular complexity index is 33.1. The molecule has 0 saturated carbocycles. The molecule has 0 aliphatic rings. The van der Waals surface area contributed by atoms with Gasteiger partial charge in [0, 0.05) is 41.7 Å². The van der Waals surface area contributed by atoms with Gasteiger partial charge in [0.1, 0.15) is 0 Å². The first-order valence-electron chi connectivity index (χ1n) is 0.651. The van der Waals surface area contributed by atoms with E-state index in [4.69, 9.17) is 15.0 Å². The van der Waals surface area contributed by atoms with Crippen LogP contribution in [-0.2, 0) is 0 Å². The largest absolute Gasteiger partial charge is 0.503 e. The molecular weight excluding hydrogens is 328 g/mol. The summed E-state index contributed by atoms with van der Waals surface area (Å²) in [6, 6.07) is 0. The third-order valence-corrected chi connectivity index (χ3v) is 0. The van der Waals surface area contributed by atoms with Crippen molar-refractivity contribution in [1.82, 2.24) is 0 Å². The Morgan fingerprint density at radius 1 is 0.615 bits per heavy atom. The summed E-state index contributed by atoms with van der Waals surface area (Å²) >= 11 is 0. The minimum atomic E-state index is -1.83. The molecular formula is CH18CeO11. The van der Waals surface area contributed by atoms with Gasteiger partial charge < -0.3 is 54.0 Å². The molecule has 13 heavy (non-hydrogen) atoms. The van der Waals surface area contributed by atoms with E-state index in [-0.39, 0.29) is 85.6 Å². The molecule has 0 aromatic carbocycles. The van der Waals surface area contributed by atoms with Crippen LogP contribution in [-0.4, -0.2) is 60.2 Å². The van der Waals surface area contributed by atoms with Gasteiger partial charge in [0.05, 0.1) is 0 Å². The molecule has 0 atom stereocenters. The van der Waals surface area contributed by atoms with Crippen LogP contribution in [0.3, 0.4) is 0 Å². The standard InChI is InChI=1S/CH2O3.Ce.8H2O/c2-1(3)4;;;;;;;;;/h(H2,2,3,4);;8*1H2. The molecule has 0 amide bonds. The second-order valence-corrected chi connectivity index (χ2v) is 0.283. The summed E-state index contributed by atoms with van der Waals surface area (Å²) in [5.74, 6) is 0. The van der Waals surface area contributed by atoms with Crippen molar-refractivity contribution in [3.8, 4) is 0 Å². The van der Waals surface area contributed by atoms with Crippen molar-refractivity contribution in [3.05, 3.63) is 0 Å². The molecule has 0 heterocycles. The van der Waals surface area contributed by atoms with E-state index in [1.54, 1.807) is 0 Å². The minimum Gasteiger partial charge on any atom is -0.450 e. The van der Waals surface area contributed by atoms with E-state index in [2.05, 4.69) is 0 Å². The Morgan fingerprint density at radius 2 is 0.615 bits per heavy atom. The zero-order chi connectivity index (χ0) is 3.58. The average molecular weight is 346 g/mol. The minimum absolute atomic E-state index is 0. The molecule has 92 valence electrons. The molecule has 0 aliphatic heterocycles. The fraction of sp³-hybridized carbons (Fsp3) is 0. The summed E-state index contributed by atoms with van der Waals surface area (Å²) in [5.41, 5.74) is 0. The van der Waals surface area contributed by atoms with Crippen LogP contribution in [0.4, 0.5) is 4.79 Å². The van der Waals surface area contributed by atoms with Gasteiger partial charge in [-0.1, -0.05) is 0 Å². The Hall–Kier alpha value is 0.327. The molecule has 11 nitrogen and oxygen atoms in total. The van der Waals surface area contributed by atoms with Crippen molar-refractivity contribution in [1.29, 1.82) is 0 Å². The smallest absolute Gasteiger partial charge is 0.450 e. The molecule has 0 aliphatic carbocycles. The molecule has 0 bridgehead atoms. The maximum absolute atomic E-state index is 8.56. The van der Waals surface area contributed by atoms with Crippen molar-refractivity contribution in [2.45, 2.75) is 0 Å². The Kier molecular flexibility index (Phi) is 2010. The molecule has 0 spiro atoms. The quantitative estimate of drug-likeness (QED) is 0.432. The monoisotopic (exact) mass is 346 g/mol. The van der Waals surface area contributed by atoms with E-state index < -0.39 is 6.16 Å². The third kappa shape index (κ3) is 12300. The van der Waals surface area contributed by atoms with Crippen molar-refractivity contribution in [3.63, 3.8) is 0 Å².